The molecule has 0 bridgehead atoms. The van der Waals surface area contributed by atoms with E-state index in [2.05, 4.69) is 9.97 Å². The molecule has 3 aromatic rings. The van der Waals surface area contributed by atoms with Crippen LogP contribution in [0.5, 0.6) is 0 Å². The third kappa shape index (κ3) is 2.25. The van der Waals surface area contributed by atoms with Gasteiger partial charge in [-0.2, -0.15) is 0 Å². The molecule has 1 aromatic heterocycles. The summed E-state index contributed by atoms with van der Waals surface area (Å²) in [5.74, 6) is -1.45. The summed E-state index contributed by atoms with van der Waals surface area (Å²) >= 11 is 6.24. The summed E-state index contributed by atoms with van der Waals surface area (Å²) < 4.78 is 13.5. The van der Waals surface area contributed by atoms with Gasteiger partial charge in [-0.3, -0.25) is 0 Å². The number of aromatic carboxylic acids is 1. The van der Waals surface area contributed by atoms with Crippen LogP contribution in [0, 0.1) is 12.7 Å². The highest BCUT2D eigenvalue weighted by Gasteiger charge is 2.17. The van der Waals surface area contributed by atoms with Crippen molar-refractivity contribution >= 4 is 28.6 Å². The minimum Gasteiger partial charge on any atom is -0.478 e. The lowest BCUT2D eigenvalue weighted by Gasteiger charge is -2.02. The lowest BCUT2D eigenvalue weighted by molar-refractivity contribution is 0.0698. The molecule has 0 amide bonds. The number of hydrogen-bond donors (Lipinski definition) is 2. The number of rotatable bonds is 2. The summed E-state index contributed by atoms with van der Waals surface area (Å²) in [6.45, 7) is 1.86. The largest absolute Gasteiger partial charge is 0.478 e. The van der Waals surface area contributed by atoms with Crippen LogP contribution in [0.25, 0.3) is 22.4 Å². The molecule has 0 atom stereocenters. The van der Waals surface area contributed by atoms with E-state index in [9.17, 15) is 9.18 Å². The van der Waals surface area contributed by atoms with E-state index in [-0.39, 0.29) is 11.1 Å². The molecule has 0 aliphatic heterocycles. The van der Waals surface area contributed by atoms with E-state index < -0.39 is 11.8 Å². The molecule has 0 aliphatic rings. The predicted molar refractivity (Wildman–Crippen MR) is 78.2 cm³/mol. The second-order valence-electron chi connectivity index (χ2n) is 4.68. The van der Waals surface area contributed by atoms with Crippen molar-refractivity contribution < 1.29 is 14.3 Å². The number of hydrogen-bond acceptors (Lipinski definition) is 2. The second-order valence-corrected chi connectivity index (χ2v) is 5.05. The van der Waals surface area contributed by atoms with Crippen molar-refractivity contribution in [3.8, 4) is 11.4 Å². The van der Waals surface area contributed by atoms with Crippen molar-refractivity contribution in [1.82, 2.24) is 9.97 Å². The molecule has 0 aliphatic carbocycles. The first-order chi connectivity index (χ1) is 9.97. The van der Waals surface area contributed by atoms with E-state index in [1.54, 1.807) is 6.07 Å². The van der Waals surface area contributed by atoms with E-state index in [1.165, 1.54) is 6.07 Å². The Morgan fingerprint density at radius 1 is 1.38 bits per heavy atom. The zero-order valence-corrected chi connectivity index (χ0v) is 11.7. The number of aromatic nitrogens is 2. The molecule has 2 N–H and O–H groups in total. The first-order valence-electron chi connectivity index (χ1n) is 6.15. The van der Waals surface area contributed by atoms with Gasteiger partial charge < -0.3 is 10.1 Å². The van der Waals surface area contributed by atoms with Crippen LogP contribution in [0.3, 0.4) is 0 Å². The van der Waals surface area contributed by atoms with Crippen molar-refractivity contribution in [3.63, 3.8) is 0 Å². The standard InChI is InChI=1S/C15H10ClFN2O2/c1-7-3-2-4-9(12(7)16)14-18-11-6-8(17)5-10(15(20)21)13(11)19-14/h2-6H,1H3,(H,18,19)(H,20,21). The van der Waals surface area contributed by atoms with Crippen LogP contribution in [0.4, 0.5) is 4.39 Å². The summed E-state index contributed by atoms with van der Waals surface area (Å²) in [6.07, 6.45) is 0. The molecule has 6 heteroatoms. The maximum absolute atomic E-state index is 13.5. The molecule has 0 spiro atoms. The molecule has 4 nitrogen and oxygen atoms in total. The number of benzene rings is 2. The van der Waals surface area contributed by atoms with Crippen molar-refractivity contribution in [1.29, 1.82) is 0 Å². The summed E-state index contributed by atoms with van der Waals surface area (Å²) in [7, 11) is 0. The van der Waals surface area contributed by atoms with Crippen LogP contribution in [0.15, 0.2) is 30.3 Å². The highest BCUT2D eigenvalue weighted by molar-refractivity contribution is 6.34. The van der Waals surface area contributed by atoms with Crippen LogP contribution in [-0.4, -0.2) is 21.0 Å². The zero-order valence-electron chi connectivity index (χ0n) is 10.9. The molecular weight excluding hydrogens is 295 g/mol. The van der Waals surface area contributed by atoms with Crippen LogP contribution in [0.1, 0.15) is 15.9 Å². The fourth-order valence-corrected chi connectivity index (χ4v) is 2.42. The number of carbonyl (C=O) groups is 1. The number of imidazole rings is 1. The molecule has 0 saturated carbocycles. The number of carboxylic acid groups (broad SMARTS) is 1. The van der Waals surface area contributed by atoms with Crippen LogP contribution in [0.2, 0.25) is 5.02 Å². The van der Waals surface area contributed by atoms with Gasteiger partial charge in [-0.1, -0.05) is 23.7 Å². The number of carboxylic acids is 1. The van der Waals surface area contributed by atoms with Gasteiger partial charge in [0.05, 0.1) is 16.1 Å². The van der Waals surface area contributed by atoms with E-state index in [0.717, 1.165) is 11.6 Å². The van der Waals surface area contributed by atoms with Crippen LogP contribution < -0.4 is 0 Å². The molecule has 0 radical (unpaired) electrons. The summed E-state index contributed by atoms with van der Waals surface area (Å²) in [4.78, 5) is 18.4. The number of aryl methyl sites for hydroxylation is 1. The maximum atomic E-state index is 13.5. The molecule has 3 rings (SSSR count). The van der Waals surface area contributed by atoms with Gasteiger partial charge in [-0.25, -0.2) is 14.2 Å². The molecule has 106 valence electrons. The predicted octanol–water partition coefficient (Wildman–Crippen LogP) is 4.03. The third-order valence-electron chi connectivity index (χ3n) is 3.23. The molecular formula is C15H10ClFN2O2. The Labute approximate surface area is 124 Å². The number of H-pyrrole nitrogens is 1. The molecule has 2 aromatic carbocycles. The molecule has 0 saturated heterocycles. The first-order valence-corrected chi connectivity index (χ1v) is 6.53. The third-order valence-corrected chi connectivity index (χ3v) is 3.73. The van der Waals surface area contributed by atoms with Gasteiger partial charge in [-0.15, -0.1) is 0 Å². The topological polar surface area (TPSA) is 66.0 Å². The van der Waals surface area contributed by atoms with Crippen molar-refractivity contribution in [2.45, 2.75) is 6.92 Å². The molecule has 0 unspecified atom stereocenters. The van der Waals surface area contributed by atoms with E-state index in [4.69, 9.17) is 16.7 Å². The van der Waals surface area contributed by atoms with E-state index in [1.807, 2.05) is 19.1 Å². The average molecular weight is 305 g/mol. The maximum Gasteiger partial charge on any atom is 0.338 e. The number of halogens is 2. The zero-order chi connectivity index (χ0) is 15.1. The Balaban J connectivity index is 2.29. The Morgan fingerprint density at radius 2 is 2.14 bits per heavy atom. The monoisotopic (exact) mass is 304 g/mol. The smallest absolute Gasteiger partial charge is 0.338 e. The van der Waals surface area contributed by atoms with Gasteiger partial charge in [0.2, 0.25) is 0 Å². The van der Waals surface area contributed by atoms with E-state index in [0.29, 0.717) is 21.9 Å². The van der Waals surface area contributed by atoms with Crippen molar-refractivity contribution in [2.24, 2.45) is 0 Å². The molecule has 1 heterocycles. The molecule has 21 heavy (non-hydrogen) atoms. The quantitative estimate of drug-likeness (QED) is 0.751. The summed E-state index contributed by atoms with van der Waals surface area (Å²) in [5, 5.41) is 9.66. The summed E-state index contributed by atoms with van der Waals surface area (Å²) in [6, 6.07) is 7.61. The van der Waals surface area contributed by atoms with E-state index >= 15 is 0 Å². The number of fused-ring (bicyclic) bond motifs is 1. The number of nitrogens with zero attached hydrogens (tertiary/aromatic N) is 1. The Hall–Kier alpha value is -2.40. The minimum atomic E-state index is -1.23. The first kappa shape index (κ1) is 13.6. The van der Waals surface area contributed by atoms with Crippen molar-refractivity contribution in [3.05, 3.63) is 52.3 Å². The van der Waals surface area contributed by atoms with Gasteiger partial charge >= 0.3 is 5.97 Å². The Kier molecular flexibility index (Phi) is 3.14. The van der Waals surface area contributed by atoms with Crippen LogP contribution in [-0.2, 0) is 0 Å². The summed E-state index contributed by atoms with van der Waals surface area (Å²) in [5.41, 5.74) is 1.86. The Morgan fingerprint density at radius 3 is 2.86 bits per heavy atom. The Bertz CT molecular complexity index is 873. The van der Waals surface area contributed by atoms with Crippen molar-refractivity contribution in [2.75, 3.05) is 0 Å². The lowest BCUT2D eigenvalue weighted by Crippen LogP contribution is -1.98. The van der Waals surface area contributed by atoms with Gasteiger partial charge in [-0.05, 0) is 30.7 Å². The normalized spacial score (nSPS) is 11.0. The highest BCUT2D eigenvalue weighted by Crippen LogP contribution is 2.30. The molecule has 0 fully saturated rings. The number of aromatic amines is 1. The SMILES string of the molecule is Cc1cccc(-c2nc3c(C(=O)O)cc(F)cc3[nH]2)c1Cl. The van der Waals surface area contributed by atoms with Gasteiger partial charge in [0, 0.05) is 5.56 Å². The minimum absolute atomic E-state index is 0.184. The fraction of sp³-hybridized carbons (Fsp3) is 0.0667. The van der Waals surface area contributed by atoms with Gasteiger partial charge in [0.25, 0.3) is 0 Å². The second kappa shape index (κ2) is 4.86. The van der Waals surface area contributed by atoms with Gasteiger partial charge in [0.1, 0.15) is 17.2 Å². The fourth-order valence-electron chi connectivity index (χ4n) is 2.20. The lowest BCUT2D eigenvalue weighted by atomic mass is 10.1. The van der Waals surface area contributed by atoms with Gasteiger partial charge in [0.15, 0.2) is 0 Å². The average Bonchev–Trinajstić information content (AvgIpc) is 2.84. The number of nitrogens with one attached hydrogen (secondary N) is 1. The van der Waals surface area contributed by atoms with Crippen LogP contribution >= 0.6 is 11.6 Å². The highest BCUT2D eigenvalue weighted by atomic mass is 35.5.